The smallest absolute Gasteiger partial charge is 0.328 e. The molecule has 3 heterocycles. The number of hydrogen-bond acceptors (Lipinski definition) is 5. The molecule has 2 aromatic heterocycles. The van der Waals surface area contributed by atoms with Gasteiger partial charge in [0.05, 0.1) is 5.52 Å². The highest BCUT2D eigenvalue weighted by Gasteiger charge is 2.22. The molecule has 31 heavy (non-hydrogen) atoms. The van der Waals surface area contributed by atoms with Gasteiger partial charge in [0.25, 0.3) is 5.56 Å². The Labute approximate surface area is 184 Å². The van der Waals surface area contributed by atoms with E-state index in [9.17, 15) is 14.4 Å². The van der Waals surface area contributed by atoms with Gasteiger partial charge in [-0.05, 0) is 55.3 Å². The van der Waals surface area contributed by atoms with E-state index in [1.165, 1.54) is 32.7 Å². The minimum absolute atomic E-state index is 0.149. The number of hydrogen-bond donors (Lipinski definition) is 1. The minimum atomic E-state index is -0.384. The number of aromatic nitrogens is 2. The van der Waals surface area contributed by atoms with Gasteiger partial charge in [0, 0.05) is 44.8 Å². The van der Waals surface area contributed by atoms with Gasteiger partial charge >= 0.3 is 5.69 Å². The van der Waals surface area contributed by atoms with E-state index in [1.54, 1.807) is 11.4 Å². The van der Waals surface area contributed by atoms with Crippen LogP contribution in [0.25, 0.3) is 10.2 Å². The van der Waals surface area contributed by atoms with Crippen LogP contribution in [-0.4, -0.2) is 46.5 Å². The summed E-state index contributed by atoms with van der Waals surface area (Å²) in [6, 6.07) is 8.10. The number of aryl methyl sites for hydroxylation is 1. The fraction of sp³-hybridized carbons (Fsp3) is 0.435. The molecule has 7 nitrogen and oxygen atoms in total. The van der Waals surface area contributed by atoms with Crippen molar-refractivity contribution in [3.05, 3.63) is 61.6 Å². The number of anilines is 1. The highest BCUT2D eigenvalue weighted by Crippen LogP contribution is 2.24. The van der Waals surface area contributed by atoms with Crippen LogP contribution < -0.4 is 16.1 Å². The maximum Gasteiger partial charge on any atom is 0.328 e. The van der Waals surface area contributed by atoms with Gasteiger partial charge in [-0.1, -0.05) is 12.1 Å². The molecule has 4 rings (SSSR count). The molecule has 1 N–H and O–H groups in total. The average Bonchev–Trinajstić information content (AvgIpc) is 3.23. The third-order valence-corrected chi connectivity index (χ3v) is 7.07. The maximum absolute atomic E-state index is 12.6. The van der Waals surface area contributed by atoms with E-state index in [4.69, 9.17) is 0 Å². The second-order valence-electron chi connectivity index (χ2n) is 8.09. The predicted octanol–water partition coefficient (Wildman–Crippen LogP) is 2.89. The SMILES string of the molecule is Cc1cccc(N2CCN(C(=O)CCCCn3c(=O)[nH]c4ccsc4c3=O)CC2)c1C. The largest absolute Gasteiger partial charge is 0.368 e. The van der Waals surface area contributed by atoms with Crippen molar-refractivity contribution in [2.24, 2.45) is 0 Å². The van der Waals surface area contributed by atoms with Crippen LogP contribution in [0.3, 0.4) is 0 Å². The Balaban J connectivity index is 1.26. The number of unbranched alkanes of at least 4 members (excludes halogenated alkanes) is 1. The number of fused-ring (bicyclic) bond motifs is 1. The number of carbonyl (C=O) groups excluding carboxylic acids is 1. The summed E-state index contributed by atoms with van der Waals surface area (Å²) >= 11 is 1.33. The van der Waals surface area contributed by atoms with Gasteiger partial charge in [0.15, 0.2) is 0 Å². The number of nitrogens with zero attached hydrogens (tertiary/aromatic N) is 3. The number of nitrogens with one attached hydrogen (secondary N) is 1. The van der Waals surface area contributed by atoms with E-state index in [2.05, 4.69) is 41.9 Å². The highest BCUT2D eigenvalue weighted by molar-refractivity contribution is 7.17. The van der Waals surface area contributed by atoms with Crippen molar-refractivity contribution in [2.75, 3.05) is 31.1 Å². The van der Waals surface area contributed by atoms with Crippen molar-refractivity contribution in [1.82, 2.24) is 14.5 Å². The second-order valence-corrected chi connectivity index (χ2v) is 9.01. The lowest BCUT2D eigenvalue weighted by Crippen LogP contribution is -2.49. The molecular weight excluding hydrogens is 412 g/mol. The quantitative estimate of drug-likeness (QED) is 0.598. The van der Waals surface area contributed by atoms with Gasteiger partial charge in [-0.25, -0.2) is 4.79 Å². The Morgan fingerprint density at radius 3 is 2.61 bits per heavy atom. The first-order valence-corrected chi connectivity index (χ1v) is 11.6. The van der Waals surface area contributed by atoms with Crippen LogP contribution in [0.2, 0.25) is 0 Å². The molecule has 1 aliphatic heterocycles. The molecule has 1 fully saturated rings. The maximum atomic E-state index is 12.6. The predicted molar refractivity (Wildman–Crippen MR) is 125 cm³/mol. The first kappa shape index (κ1) is 21.4. The lowest BCUT2D eigenvalue weighted by molar-refractivity contribution is -0.131. The van der Waals surface area contributed by atoms with Crippen LogP contribution >= 0.6 is 11.3 Å². The summed E-state index contributed by atoms with van der Waals surface area (Å²) in [5, 5.41) is 1.80. The number of aromatic amines is 1. The summed E-state index contributed by atoms with van der Waals surface area (Å²) in [7, 11) is 0. The molecule has 0 aliphatic carbocycles. The molecule has 0 saturated carbocycles. The van der Waals surface area contributed by atoms with Crippen LogP contribution in [0.4, 0.5) is 5.69 Å². The fourth-order valence-corrected chi connectivity index (χ4v) is 4.95. The molecule has 0 spiro atoms. The number of benzene rings is 1. The van der Waals surface area contributed by atoms with Crippen molar-refractivity contribution in [1.29, 1.82) is 0 Å². The zero-order valence-corrected chi connectivity index (χ0v) is 18.8. The monoisotopic (exact) mass is 440 g/mol. The molecular formula is C23H28N4O3S. The van der Waals surface area contributed by atoms with Crippen LogP contribution in [0.15, 0.2) is 39.2 Å². The molecule has 164 valence electrons. The van der Waals surface area contributed by atoms with E-state index in [0.717, 1.165) is 26.2 Å². The van der Waals surface area contributed by atoms with Gasteiger partial charge < -0.3 is 14.8 Å². The van der Waals surface area contributed by atoms with Crippen LogP contribution in [0, 0.1) is 13.8 Å². The number of amides is 1. The summed E-state index contributed by atoms with van der Waals surface area (Å²) in [4.78, 5) is 44.2. The molecule has 1 saturated heterocycles. The third-order valence-electron chi connectivity index (χ3n) is 6.16. The van der Waals surface area contributed by atoms with E-state index < -0.39 is 0 Å². The lowest BCUT2D eigenvalue weighted by atomic mass is 10.1. The van der Waals surface area contributed by atoms with Gasteiger partial charge in [0.1, 0.15) is 4.70 Å². The molecule has 0 radical (unpaired) electrons. The normalized spacial score (nSPS) is 14.4. The summed E-state index contributed by atoms with van der Waals surface area (Å²) in [5.74, 6) is 0.149. The van der Waals surface area contributed by atoms with E-state index >= 15 is 0 Å². The minimum Gasteiger partial charge on any atom is -0.368 e. The topological polar surface area (TPSA) is 78.4 Å². The van der Waals surface area contributed by atoms with Crippen molar-refractivity contribution < 1.29 is 4.79 Å². The zero-order chi connectivity index (χ0) is 22.0. The first-order chi connectivity index (χ1) is 15.0. The zero-order valence-electron chi connectivity index (χ0n) is 18.0. The van der Waals surface area contributed by atoms with Crippen molar-refractivity contribution in [3.8, 4) is 0 Å². The first-order valence-electron chi connectivity index (χ1n) is 10.7. The molecule has 1 amide bonds. The molecule has 3 aromatic rings. The van der Waals surface area contributed by atoms with Crippen LogP contribution in [-0.2, 0) is 11.3 Å². The Kier molecular flexibility index (Phi) is 6.27. The van der Waals surface area contributed by atoms with Gasteiger partial charge in [0.2, 0.25) is 5.91 Å². The number of rotatable bonds is 6. The molecule has 0 unspecified atom stereocenters. The number of thiophene rings is 1. The summed E-state index contributed by atoms with van der Waals surface area (Å²) in [5.41, 5.74) is 3.80. The Morgan fingerprint density at radius 2 is 1.84 bits per heavy atom. The molecule has 0 bridgehead atoms. The van der Waals surface area contributed by atoms with E-state index in [0.29, 0.717) is 36.0 Å². The van der Waals surface area contributed by atoms with Crippen molar-refractivity contribution >= 4 is 33.1 Å². The Hall–Kier alpha value is -2.87. The highest BCUT2D eigenvalue weighted by atomic mass is 32.1. The van der Waals surface area contributed by atoms with Gasteiger partial charge in [-0.15, -0.1) is 11.3 Å². The molecule has 8 heteroatoms. The van der Waals surface area contributed by atoms with Crippen molar-refractivity contribution in [2.45, 2.75) is 39.7 Å². The van der Waals surface area contributed by atoms with Crippen molar-refractivity contribution in [3.63, 3.8) is 0 Å². The Bertz CT molecular complexity index is 1200. The summed E-state index contributed by atoms with van der Waals surface area (Å²) in [6.45, 7) is 7.72. The van der Waals surface area contributed by atoms with Gasteiger partial charge in [-0.2, -0.15) is 0 Å². The summed E-state index contributed by atoms with van der Waals surface area (Å²) in [6.07, 6.45) is 1.72. The molecule has 0 atom stereocenters. The van der Waals surface area contributed by atoms with E-state index in [1.807, 2.05) is 4.90 Å². The third kappa shape index (κ3) is 4.44. The lowest BCUT2D eigenvalue weighted by Gasteiger charge is -2.37. The van der Waals surface area contributed by atoms with Gasteiger partial charge in [-0.3, -0.25) is 14.2 Å². The Morgan fingerprint density at radius 1 is 1.06 bits per heavy atom. The standard InChI is InChI=1S/C23H28N4O3S/c1-16-6-5-7-19(17(16)2)25-11-13-26(14-12-25)20(28)8-3-4-10-27-22(29)21-18(9-15-31-21)24-23(27)30/h5-7,9,15H,3-4,8,10-14H2,1-2H3,(H,24,30). The van der Waals surface area contributed by atoms with Crippen LogP contribution in [0.1, 0.15) is 30.4 Å². The summed E-state index contributed by atoms with van der Waals surface area (Å²) < 4.78 is 1.81. The van der Waals surface area contributed by atoms with Crippen LogP contribution in [0.5, 0.6) is 0 Å². The number of H-pyrrole nitrogens is 1. The molecule has 1 aromatic carbocycles. The average molecular weight is 441 g/mol. The van der Waals surface area contributed by atoms with E-state index in [-0.39, 0.29) is 17.2 Å². The number of carbonyl (C=O) groups is 1. The fourth-order valence-electron chi connectivity index (χ4n) is 4.15. The number of piperazine rings is 1. The second kappa shape index (κ2) is 9.09. The molecule has 1 aliphatic rings.